The molecule has 0 saturated carbocycles. The average Bonchev–Trinajstić information content (AvgIpc) is 2.76. The van der Waals surface area contributed by atoms with Gasteiger partial charge in [0.05, 0.1) is 12.6 Å². The Bertz CT molecular complexity index is 491. The second-order valence-electron chi connectivity index (χ2n) is 4.94. The summed E-state index contributed by atoms with van der Waals surface area (Å²) in [6, 6.07) is 4.27. The van der Waals surface area contributed by atoms with E-state index in [1.165, 1.54) is 10.4 Å². The second kappa shape index (κ2) is 5.72. The number of carbonyl (C=O) groups is 1. The number of aryl methyl sites for hydroxylation is 2. The maximum atomic E-state index is 12.2. The molecule has 0 aliphatic carbocycles. The highest BCUT2D eigenvalue weighted by atomic mass is 32.1. The lowest BCUT2D eigenvalue weighted by atomic mass is 9.81. The van der Waals surface area contributed by atoms with Crippen LogP contribution in [0.15, 0.2) is 6.07 Å². The smallest absolute Gasteiger partial charge is 0.240 e. The van der Waals surface area contributed by atoms with Crippen molar-refractivity contribution in [3.63, 3.8) is 0 Å². The molecule has 19 heavy (non-hydrogen) atoms. The Morgan fingerprint density at radius 2 is 2.21 bits per heavy atom. The van der Waals surface area contributed by atoms with Crippen LogP contribution in [0, 0.1) is 30.6 Å². The number of nitriles is 1. The summed E-state index contributed by atoms with van der Waals surface area (Å²) >= 11 is 1.69. The van der Waals surface area contributed by atoms with E-state index in [0.29, 0.717) is 32.6 Å². The molecule has 1 fully saturated rings. The van der Waals surface area contributed by atoms with E-state index in [-0.39, 0.29) is 5.91 Å². The van der Waals surface area contributed by atoms with Crippen molar-refractivity contribution in [1.29, 1.82) is 5.26 Å². The van der Waals surface area contributed by atoms with Gasteiger partial charge in [-0.3, -0.25) is 4.79 Å². The molecule has 1 aromatic rings. The van der Waals surface area contributed by atoms with Gasteiger partial charge >= 0.3 is 0 Å². The minimum Gasteiger partial charge on any atom is -0.381 e. The first-order valence-electron chi connectivity index (χ1n) is 6.40. The first-order chi connectivity index (χ1) is 9.07. The number of nitrogens with one attached hydrogen (secondary N) is 1. The first-order valence-corrected chi connectivity index (χ1v) is 7.22. The van der Waals surface area contributed by atoms with E-state index in [4.69, 9.17) is 4.74 Å². The fourth-order valence-corrected chi connectivity index (χ4v) is 3.18. The predicted octanol–water partition coefficient (Wildman–Crippen LogP) is 2.30. The summed E-state index contributed by atoms with van der Waals surface area (Å²) in [5.74, 6) is -0.165. The van der Waals surface area contributed by atoms with Crippen molar-refractivity contribution < 1.29 is 9.53 Å². The van der Waals surface area contributed by atoms with Crippen LogP contribution in [0.4, 0.5) is 0 Å². The largest absolute Gasteiger partial charge is 0.381 e. The number of rotatable bonds is 3. The van der Waals surface area contributed by atoms with Crippen LogP contribution >= 0.6 is 11.3 Å². The van der Waals surface area contributed by atoms with E-state index in [0.717, 1.165) is 4.88 Å². The molecule has 0 bridgehead atoms. The lowest BCUT2D eigenvalue weighted by Gasteiger charge is -2.29. The quantitative estimate of drug-likeness (QED) is 0.922. The Balaban J connectivity index is 1.98. The summed E-state index contributed by atoms with van der Waals surface area (Å²) in [7, 11) is 0. The Labute approximate surface area is 117 Å². The van der Waals surface area contributed by atoms with Gasteiger partial charge in [-0.15, -0.1) is 11.3 Å². The number of hydrogen-bond acceptors (Lipinski definition) is 4. The van der Waals surface area contributed by atoms with Gasteiger partial charge in [0, 0.05) is 23.0 Å². The molecule has 5 heteroatoms. The summed E-state index contributed by atoms with van der Waals surface area (Å²) < 4.78 is 5.23. The Hall–Kier alpha value is -1.38. The van der Waals surface area contributed by atoms with Gasteiger partial charge in [0.25, 0.3) is 0 Å². The van der Waals surface area contributed by atoms with Gasteiger partial charge in [0.15, 0.2) is 0 Å². The molecule has 0 atom stereocenters. The topological polar surface area (TPSA) is 62.1 Å². The van der Waals surface area contributed by atoms with Gasteiger partial charge in [-0.1, -0.05) is 0 Å². The van der Waals surface area contributed by atoms with Crippen LogP contribution in [0.5, 0.6) is 0 Å². The number of amides is 1. The maximum absolute atomic E-state index is 12.2. The molecule has 0 unspecified atom stereocenters. The minimum absolute atomic E-state index is 0.165. The molecule has 4 nitrogen and oxygen atoms in total. The van der Waals surface area contributed by atoms with Gasteiger partial charge in [-0.25, -0.2) is 0 Å². The zero-order valence-corrected chi connectivity index (χ0v) is 12.1. The van der Waals surface area contributed by atoms with Crippen molar-refractivity contribution in [2.45, 2.75) is 33.2 Å². The van der Waals surface area contributed by atoms with Gasteiger partial charge in [-0.05, 0) is 38.3 Å². The van der Waals surface area contributed by atoms with Crippen LogP contribution in [-0.4, -0.2) is 19.1 Å². The summed E-state index contributed by atoms with van der Waals surface area (Å²) in [6.07, 6.45) is 0.968. The van der Waals surface area contributed by atoms with Crippen molar-refractivity contribution in [2.24, 2.45) is 5.41 Å². The molecular weight excluding hydrogens is 260 g/mol. The fourth-order valence-electron chi connectivity index (χ4n) is 2.18. The molecule has 1 aliphatic heterocycles. The Kier molecular flexibility index (Phi) is 4.23. The van der Waals surface area contributed by atoms with Crippen molar-refractivity contribution in [3.05, 3.63) is 21.4 Å². The monoisotopic (exact) mass is 278 g/mol. The highest BCUT2D eigenvalue weighted by Crippen LogP contribution is 2.30. The van der Waals surface area contributed by atoms with Crippen LogP contribution < -0.4 is 5.32 Å². The lowest BCUT2D eigenvalue weighted by Crippen LogP contribution is -2.43. The Morgan fingerprint density at radius 3 is 2.74 bits per heavy atom. The van der Waals surface area contributed by atoms with E-state index in [2.05, 4.69) is 31.3 Å². The number of hydrogen-bond donors (Lipinski definition) is 1. The van der Waals surface area contributed by atoms with Crippen LogP contribution in [0.2, 0.25) is 0 Å². The molecule has 1 saturated heterocycles. The van der Waals surface area contributed by atoms with Crippen LogP contribution in [0.25, 0.3) is 0 Å². The van der Waals surface area contributed by atoms with E-state index in [9.17, 15) is 10.1 Å². The van der Waals surface area contributed by atoms with Gasteiger partial charge in [-0.2, -0.15) is 5.26 Å². The molecule has 102 valence electrons. The van der Waals surface area contributed by atoms with Crippen molar-refractivity contribution in [2.75, 3.05) is 13.2 Å². The van der Waals surface area contributed by atoms with Crippen molar-refractivity contribution in [3.8, 4) is 6.07 Å². The molecule has 1 aromatic heterocycles. The predicted molar refractivity (Wildman–Crippen MR) is 73.7 cm³/mol. The zero-order valence-electron chi connectivity index (χ0n) is 11.3. The van der Waals surface area contributed by atoms with Crippen molar-refractivity contribution >= 4 is 17.2 Å². The summed E-state index contributed by atoms with van der Waals surface area (Å²) in [5.41, 5.74) is 0.342. The number of nitrogens with zero attached hydrogens (tertiary/aromatic N) is 1. The maximum Gasteiger partial charge on any atom is 0.240 e. The standard InChI is InChI=1S/C14H18N2O2S/c1-10-7-12(19-11(10)2)8-16-13(17)14(9-15)3-5-18-6-4-14/h7H,3-6,8H2,1-2H3,(H,16,17). The third kappa shape index (κ3) is 2.96. The zero-order chi connectivity index (χ0) is 13.9. The van der Waals surface area contributed by atoms with Crippen LogP contribution in [-0.2, 0) is 16.1 Å². The van der Waals surface area contributed by atoms with Crippen molar-refractivity contribution in [1.82, 2.24) is 5.32 Å². The number of carbonyl (C=O) groups excluding carboxylic acids is 1. The van der Waals surface area contributed by atoms with Crippen LogP contribution in [0.1, 0.15) is 28.2 Å². The summed E-state index contributed by atoms with van der Waals surface area (Å²) in [5, 5.41) is 12.2. The molecule has 2 heterocycles. The minimum atomic E-state index is -0.903. The highest BCUT2D eigenvalue weighted by Gasteiger charge is 2.40. The molecule has 1 amide bonds. The lowest BCUT2D eigenvalue weighted by molar-refractivity contribution is -0.132. The van der Waals surface area contributed by atoms with Gasteiger partial charge in [0.2, 0.25) is 5.91 Å². The molecule has 1 aliphatic rings. The normalized spacial score (nSPS) is 17.7. The number of thiophene rings is 1. The third-order valence-corrected chi connectivity index (χ3v) is 4.79. The average molecular weight is 278 g/mol. The molecule has 0 radical (unpaired) electrons. The summed E-state index contributed by atoms with van der Waals surface area (Å²) in [6.45, 7) is 5.60. The molecule has 0 spiro atoms. The third-order valence-electron chi connectivity index (χ3n) is 3.64. The van der Waals surface area contributed by atoms with E-state index in [1.54, 1.807) is 11.3 Å². The summed E-state index contributed by atoms with van der Waals surface area (Å²) in [4.78, 5) is 14.6. The second-order valence-corrected chi connectivity index (χ2v) is 6.28. The SMILES string of the molecule is Cc1cc(CNC(=O)C2(C#N)CCOCC2)sc1C. The highest BCUT2D eigenvalue weighted by molar-refractivity contribution is 7.12. The first kappa shape index (κ1) is 14.0. The van der Waals surface area contributed by atoms with Gasteiger partial charge < -0.3 is 10.1 Å². The van der Waals surface area contributed by atoms with E-state index in [1.807, 2.05) is 0 Å². The Morgan fingerprint density at radius 1 is 1.53 bits per heavy atom. The van der Waals surface area contributed by atoms with E-state index >= 15 is 0 Å². The molecular formula is C14H18N2O2S. The van der Waals surface area contributed by atoms with Gasteiger partial charge in [0.1, 0.15) is 5.41 Å². The van der Waals surface area contributed by atoms with Crippen LogP contribution in [0.3, 0.4) is 0 Å². The fraction of sp³-hybridized carbons (Fsp3) is 0.571. The molecule has 2 rings (SSSR count). The molecule has 0 aromatic carbocycles. The number of ether oxygens (including phenoxy) is 1. The molecule has 1 N–H and O–H groups in total. The van der Waals surface area contributed by atoms with E-state index < -0.39 is 5.41 Å².